The maximum Gasteiger partial charge on any atom is 0.333 e. The van der Waals surface area contributed by atoms with Crippen molar-refractivity contribution in [1.82, 2.24) is 14.0 Å². The number of hydrogen-bond donors (Lipinski definition) is 1. The van der Waals surface area contributed by atoms with Crippen LogP contribution < -0.4 is 18.1 Å². The van der Waals surface area contributed by atoms with Crippen molar-refractivity contribution in [3.63, 3.8) is 0 Å². The molecule has 0 bridgehead atoms. The van der Waals surface area contributed by atoms with Gasteiger partial charge in [-0.05, 0) is 43.4 Å². The van der Waals surface area contributed by atoms with Gasteiger partial charge in [-0.15, -0.1) is 0 Å². The summed E-state index contributed by atoms with van der Waals surface area (Å²) in [4.78, 5) is 15.7. The number of aliphatic hydroxyl groups is 1. The molecule has 1 aliphatic heterocycles. The number of rotatable bonds is 5. The van der Waals surface area contributed by atoms with E-state index in [2.05, 4.69) is 4.90 Å². The van der Waals surface area contributed by atoms with E-state index in [4.69, 9.17) is 0 Å². The predicted octanol–water partition coefficient (Wildman–Crippen LogP) is 1.10. The van der Waals surface area contributed by atoms with Gasteiger partial charge in [-0.25, -0.2) is 4.79 Å². The molecule has 2 aromatic rings. The first-order chi connectivity index (χ1) is 14.2. The number of aryl methyl sites for hydroxylation is 1. The molecule has 1 aromatic carbocycles. The second kappa shape index (κ2) is 10.7. The van der Waals surface area contributed by atoms with Gasteiger partial charge in [-0.3, -0.25) is 14.0 Å². The van der Waals surface area contributed by atoms with E-state index in [-0.39, 0.29) is 24.7 Å². The van der Waals surface area contributed by atoms with Crippen LogP contribution in [0.1, 0.15) is 58.3 Å². The first-order valence-electron chi connectivity index (χ1n) is 11.5. The van der Waals surface area contributed by atoms with Crippen LogP contribution in [0.2, 0.25) is 0 Å². The van der Waals surface area contributed by atoms with Crippen molar-refractivity contribution in [2.24, 2.45) is 5.92 Å². The van der Waals surface area contributed by atoms with E-state index in [0.717, 1.165) is 54.3 Å². The number of imidazole rings is 1. The van der Waals surface area contributed by atoms with E-state index >= 15 is 0 Å². The van der Waals surface area contributed by atoms with E-state index in [1.54, 1.807) is 0 Å². The zero-order valence-electron chi connectivity index (χ0n) is 18.2. The monoisotopic (exact) mass is 432 g/mol. The van der Waals surface area contributed by atoms with Gasteiger partial charge in [0.05, 0.1) is 17.6 Å². The van der Waals surface area contributed by atoms with E-state index in [9.17, 15) is 9.90 Å². The Balaban J connectivity index is 0.00000256. The predicted molar refractivity (Wildman–Crippen MR) is 119 cm³/mol. The van der Waals surface area contributed by atoms with Crippen LogP contribution in [-0.2, 0) is 6.54 Å². The fourth-order valence-electron chi connectivity index (χ4n) is 5.31. The summed E-state index contributed by atoms with van der Waals surface area (Å²) in [7, 11) is 0. The number of benzene rings is 1. The minimum atomic E-state index is 0. The highest BCUT2D eigenvalue weighted by molar-refractivity contribution is 5.80. The molecule has 1 aromatic heterocycles. The molecule has 2 aliphatic rings. The Morgan fingerprint density at radius 1 is 1.03 bits per heavy atom. The van der Waals surface area contributed by atoms with Crippen LogP contribution in [-0.4, -0.2) is 45.4 Å². The molecule has 0 amide bonds. The quantitative estimate of drug-likeness (QED) is 0.769. The molecule has 30 heavy (non-hydrogen) atoms. The zero-order chi connectivity index (χ0) is 20.2. The van der Waals surface area contributed by atoms with Gasteiger partial charge < -0.3 is 17.5 Å². The Labute approximate surface area is 185 Å². The van der Waals surface area contributed by atoms with Gasteiger partial charge in [-0.2, -0.15) is 0 Å². The normalized spacial score (nSPS) is 19.5. The standard InChI is InChI=1S/C24H35N3O2.ClH/c1-2-26-22-12-8-9-13-23(22)27(24(26)29)21-14-15-25(17-20(21)18-28)16-19-10-6-4-3-5-7-11-19;/h8-9,12-13,19,28H,2-7,10-11,14-18H2,1H3;1H/p-1. The number of para-hydroxylation sites is 2. The Kier molecular flexibility index (Phi) is 8.20. The summed E-state index contributed by atoms with van der Waals surface area (Å²) in [6.07, 6.45) is 10.4. The lowest BCUT2D eigenvalue weighted by molar-refractivity contribution is -0.00000707. The van der Waals surface area contributed by atoms with Crippen molar-refractivity contribution in [3.05, 3.63) is 40.3 Å². The molecule has 1 aliphatic carbocycles. The van der Waals surface area contributed by atoms with Gasteiger partial charge >= 0.3 is 5.69 Å². The summed E-state index contributed by atoms with van der Waals surface area (Å²) >= 11 is 0. The highest BCUT2D eigenvalue weighted by Crippen LogP contribution is 2.28. The van der Waals surface area contributed by atoms with Crippen molar-refractivity contribution >= 4 is 16.7 Å². The first kappa shape index (κ1) is 23.1. The molecule has 1 saturated carbocycles. The van der Waals surface area contributed by atoms with E-state index in [1.165, 1.54) is 44.9 Å². The molecule has 2 heterocycles. The zero-order valence-corrected chi connectivity index (χ0v) is 18.9. The largest absolute Gasteiger partial charge is 1.00 e. The second-order valence-corrected chi connectivity index (χ2v) is 8.76. The average Bonchev–Trinajstić information content (AvgIpc) is 3.00. The Bertz CT molecular complexity index is 922. The van der Waals surface area contributed by atoms with Crippen molar-refractivity contribution in [2.45, 2.75) is 64.8 Å². The SMILES string of the molecule is CCn1c(=O)n(C2=C(CO)CN(CC3CCCCCCC3)CC2)c2ccccc21.[Cl-]. The molecule has 0 unspecified atom stereocenters. The van der Waals surface area contributed by atoms with Crippen LogP contribution in [0.4, 0.5) is 0 Å². The van der Waals surface area contributed by atoms with E-state index in [1.807, 2.05) is 40.3 Å². The van der Waals surface area contributed by atoms with Gasteiger partial charge in [0, 0.05) is 38.3 Å². The topological polar surface area (TPSA) is 50.4 Å². The lowest BCUT2D eigenvalue weighted by Gasteiger charge is -2.33. The van der Waals surface area contributed by atoms with Crippen LogP contribution in [0.3, 0.4) is 0 Å². The molecule has 0 atom stereocenters. The second-order valence-electron chi connectivity index (χ2n) is 8.76. The highest BCUT2D eigenvalue weighted by Gasteiger charge is 2.25. The molecule has 5 nitrogen and oxygen atoms in total. The minimum absolute atomic E-state index is 0. The minimum Gasteiger partial charge on any atom is -1.00 e. The van der Waals surface area contributed by atoms with Gasteiger partial charge in [0.2, 0.25) is 0 Å². The Morgan fingerprint density at radius 2 is 1.70 bits per heavy atom. The molecular formula is C24H35ClN3O2-. The lowest BCUT2D eigenvalue weighted by atomic mass is 9.90. The van der Waals surface area contributed by atoms with E-state index < -0.39 is 0 Å². The molecule has 0 radical (unpaired) electrons. The summed E-state index contributed by atoms with van der Waals surface area (Å²) < 4.78 is 3.69. The van der Waals surface area contributed by atoms with Crippen molar-refractivity contribution in [2.75, 3.05) is 26.2 Å². The van der Waals surface area contributed by atoms with Gasteiger partial charge in [0.25, 0.3) is 0 Å². The number of hydrogen-bond acceptors (Lipinski definition) is 3. The maximum absolute atomic E-state index is 13.1. The fraction of sp³-hybridized carbons (Fsp3) is 0.625. The molecular weight excluding hydrogens is 398 g/mol. The summed E-state index contributed by atoms with van der Waals surface area (Å²) in [6, 6.07) is 8.00. The Morgan fingerprint density at radius 3 is 2.37 bits per heavy atom. The number of fused-ring (bicyclic) bond motifs is 1. The lowest BCUT2D eigenvalue weighted by Crippen LogP contribution is -3.00. The smallest absolute Gasteiger partial charge is 0.333 e. The van der Waals surface area contributed by atoms with Crippen LogP contribution >= 0.6 is 0 Å². The maximum atomic E-state index is 13.1. The number of aromatic nitrogens is 2. The van der Waals surface area contributed by atoms with Crippen molar-refractivity contribution in [3.8, 4) is 0 Å². The summed E-state index contributed by atoms with van der Waals surface area (Å²) in [5.41, 5.74) is 3.96. The summed E-state index contributed by atoms with van der Waals surface area (Å²) in [5, 5.41) is 10.1. The number of aliphatic hydroxyl groups excluding tert-OH is 1. The average molecular weight is 433 g/mol. The fourth-order valence-corrected chi connectivity index (χ4v) is 5.31. The van der Waals surface area contributed by atoms with Crippen LogP contribution in [0, 0.1) is 5.92 Å². The molecule has 166 valence electrons. The van der Waals surface area contributed by atoms with E-state index in [0.29, 0.717) is 6.54 Å². The van der Waals surface area contributed by atoms with Gasteiger partial charge in [0.15, 0.2) is 0 Å². The molecule has 1 N–H and O–H groups in total. The van der Waals surface area contributed by atoms with Crippen LogP contribution in [0.25, 0.3) is 16.7 Å². The number of halogens is 1. The van der Waals surface area contributed by atoms with Gasteiger partial charge in [0.1, 0.15) is 0 Å². The molecule has 1 fully saturated rings. The molecule has 0 spiro atoms. The highest BCUT2D eigenvalue weighted by atomic mass is 35.5. The third-order valence-corrected chi connectivity index (χ3v) is 6.84. The first-order valence-corrected chi connectivity index (χ1v) is 11.5. The summed E-state index contributed by atoms with van der Waals surface area (Å²) in [5.74, 6) is 0.779. The van der Waals surface area contributed by atoms with Crippen LogP contribution in [0.5, 0.6) is 0 Å². The van der Waals surface area contributed by atoms with Crippen LogP contribution in [0.15, 0.2) is 34.6 Å². The molecule has 4 rings (SSSR count). The van der Waals surface area contributed by atoms with Crippen molar-refractivity contribution < 1.29 is 17.5 Å². The van der Waals surface area contributed by atoms with Gasteiger partial charge in [-0.1, -0.05) is 44.2 Å². The third-order valence-electron chi connectivity index (χ3n) is 6.84. The third kappa shape index (κ3) is 4.68. The van der Waals surface area contributed by atoms with Crippen molar-refractivity contribution in [1.29, 1.82) is 0 Å². The summed E-state index contributed by atoms with van der Waals surface area (Å²) in [6.45, 7) is 5.56. The number of nitrogens with zero attached hydrogens (tertiary/aromatic N) is 3. The molecule has 0 saturated heterocycles. The molecule has 6 heteroatoms. The Hall–Kier alpha value is -1.56.